The van der Waals surface area contributed by atoms with Crippen molar-refractivity contribution in [1.82, 2.24) is 15.3 Å². The van der Waals surface area contributed by atoms with Crippen LogP contribution in [-0.2, 0) is 11.3 Å². The van der Waals surface area contributed by atoms with E-state index < -0.39 is 0 Å². The van der Waals surface area contributed by atoms with E-state index >= 15 is 0 Å². The minimum absolute atomic E-state index is 0.0986. The monoisotopic (exact) mass is 293 g/mol. The predicted molar refractivity (Wildman–Crippen MR) is 73.8 cm³/mol. The average molecular weight is 293 g/mol. The quantitative estimate of drug-likeness (QED) is 0.644. The van der Waals surface area contributed by atoms with E-state index in [2.05, 4.69) is 15.3 Å². The van der Waals surface area contributed by atoms with Crippen molar-refractivity contribution >= 4 is 17.7 Å². The molecule has 1 aromatic heterocycles. The number of hydrogen-bond donors (Lipinski definition) is 2. The number of rotatable bonds is 5. The Labute approximate surface area is 118 Å². The Morgan fingerprint density at radius 2 is 2.15 bits per heavy atom. The molecule has 0 saturated carbocycles. The first kappa shape index (κ1) is 14.3. The van der Waals surface area contributed by atoms with Crippen LogP contribution in [0.15, 0.2) is 46.5 Å². The highest BCUT2D eigenvalue weighted by Crippen LogP contribution is 2.09. The highest BCUT2D eigenvalue weighted by Gasteiger charge is 2.06. The van der Waals surface area contributed by atoms with Crippen molar-refractivity contribution in [3.63, 3.8) is 0 Å². The van der Waals surface area contributed by atoms with Crippen molar-refractivity contribution in [2.24, 2.45) is 0 Å². The number of thioether (sulfide) groups is 1. The third-order valence-electron chi connectivity index (χ3n) is 2.42. The number of nitrogens with one attached hydrogen (secondary N) is 2. The van der Waals surface area contributed by atoms with Gasteiger partial charge < -0.3 is 10.3 Å². The van der Waals surface area contributed by atoms with Crippen LogP contribution in [0.4, 0.5) is 4.39 Å². The number of amides is 1. The van der Waals surface area contributed by atoms with E-state index in [1.165, 1.54) is 18.3 Å². The molecule has 0 spiro atoms. The number of carbonyl (C=O) groups is 1. The Kier molecular flexibility index (Phi) is 4.89. The highest BCUT2D eigenvalue weighted by atomic mass is 32.2. The molecule has 0 bridgehead atoms. The molecule has 1 amide bonds. The molecule has 0 aliphatic heterocycles. The van der Waals surface area contributed by atoms with E-state index in [0.717, 1.165) is 11.8 Å². The van der Waals surface area contributed by atoms with E-state index in [1.807, 2.05) is 0 Å². The Hall–Kier alpha value is -2.15. The third-order valence-corrected chi connectivity index (χ3v) is 3.31. The Morgan fingerprint density at radius 3 is 2.90 bits per heavy atom. The van der Waals surface area contributed by atoms with Crippen molar-refractivity contribution in [1.29, 1.82) is 0 Å². The van der Waals surface area contributed by atoms with Gasteiger partial charge in [-0.15, -0.1) is 0 Å². The Morgan fingerprint density at radius 1 is 1.35 bits per heavy atom. The maximum absolute atomic E-state index is 13.3. The summed E-state index contributed by atoms with van der Waals surface area (Å²) in [4.78, 5) is 29.1. The molecule has 1 heterocycles. The maximum Gasteiger partial charge on any atom is 0.251 e. The second-order valence-electron chi connectivity index (χ2n) is 3.90. The fourth-order valence-electron chi connectivity index (χ4n) is 1.45. The summed E-state index contributed by atoms with van der Waals surface area (Å²) in [7, 11) is 0. The molecule has 0 aliphatic carbocycles. The van der Waals surface area contributed by atoms with Crippen molar-refractivity contribution < 1.29 is 9.18 Å². The third kappa shape index (κ3) is 4.20. The number of nitrogens with zero attached hydrogens (tertiary/aromatic N) is 1. The normalized spacial score (nSPS) is 10.2. The van der Waals surface area contributed by atoms with Gasteiger partial charge in [-0.2, -0.15) is 0 Å². The van der Waals surface area contributed by atoms with E-state index in [-0.39, 0.29) is 29.6 Å². The molecular formula is C13H12FN3O2S. The summed E-state index contributed by atoms with van der Waals surface area (Å²) in [5.41, 5.74) is 0.159. The van der Waals surface area contributed by atoms with Crippen molar-refractivity contribution in [2.45, 2.75) is 11.7 Å². The van der Waals surface area contributed by atoms with Gasteiger partial charge in [-0.05, 0) is 6.07 Å². The summed E-state index contributed by atoms with van der Waals surface area (Å²) >= 11 is 1.11. The Balaban J connectivity index is 1.82. The number of hydrogen-bond acceptors (Lipinski definition) is 4. The van der Waals surface area contributed by atoms with Gasteiger partial charge in [0.1, 0.15) is 5.82 Å². The zero-order valence-electron chi connectivity index (χ0n) is 10.4. The van der Waals surface area contributed by atoms with Crippen LogP contribution < -0.4 is 10.9 Å². The molecule has 0 radical (unpaired) electrons. The lowest BCUT2D eigenvalue weighted by Crippen LogP contribution is -2.25. The summed E-state index contributed by atoms with van der Waals surface area (Å²) in [6.07, 6.45) is 1.37. The predicted octanol–water partition coefficient (Wildman–Crippen LogP) is 1.32. The van der Waals surface area contributed by atoms with Crippen LogP contribution in [0.3, 0.4) is 0 Å². The van der Waals surface area contributed by atoms with Gasteiger partial charge in [-0.1, -0.05) is 30.0 Å². The zero-order valence-corrected chi connectivity index (χ0v) is 11.2. The smallest absolute Gasteiger partial charge is 0.251 e. The van der Waals surface area contributed by atoms with E-state index in [9.17, 15) is 14.0 Å². The number of carbonyl (C=O) groups excluding carboxylic acids is 1. The lowest BCUT2D eigenvalue weighted by molar-refractivity contribution is -0.118. The molecule has 0 aliphatic rings. The van der Waals surface area contributed by atoms with Crippen LogP contribution in [0.2, 0.25) is 0 Å². The molecule has 0 fully saturated rings. The summed E-state index contributed by atoms with van der Waals surface area (Å²) in [6, 6.07) is 7.54. The number of benzene rings is 1. The van der Waals surface area contributed by atoms with Gasteiger partial charge >= 0.3 is 0 Å². The van der Waals surface area contributed by atoms with E-state index in [1.54, 1.807) is 18.2 Å². The summed E-state index contributed by atoms with van der Waals surface area (Å²) in [5.74, 6) is -0.513. The van der Waals surface area contributed by atoms with Crippen LogP contribution in [-0.4, -0.2) is 21.6 Å². The molecule has 2 N–H and O–H groups in total. The van der Waals surface area contributed by atoms with Gasteiger partial charge in [0, 0.05) is 24.4 Å². The van der Waals surface area contributed by atoms with Crippen molar-refractivity contribution in [3.8, 4) is 0 Å². The molecule has 2 rings (SSSR count). The fraction of sp³-hybridized carbons (Fsp3) is 0.154. The van der Waals surface area contributed by atoms with Gasteiger partial charge in [0.15, 0.2) is 5.16 Å². The van der Waals surface area contributed by atoms with Crippen molar-refractivity contribution in [3.05, 3.63) is 58.3 Å². The maximum atomic E-state index is 13.3. The molecule has 5 nitrogen and oxygen atoms in total. The minimum Gasteiger partial charge on any atom is -0.351 e. The van der Waals surface area contributed by atoms with Crippen LogP contribution in [0.5, 0.6) is 0 Å². The number of aromatic amines is 1. The number of H-pyrrole nitrogens is 1. The van der Waals surface area contributed by atoms with Crippen LogP contribution in [0.25, 0.3) is 0 Å². The van der Waals surface area contributed by atoms with E-state index in [4.69, 9.17) is 0 Å². The summed E-state index contributed by atoms with van der Waals surface area (Å²) in [6.45, 7) is 0.130. The van der Waals surface area contributed by atoms with Crippen LogP contribution >= 0.6 is 11.8 Å². The molecular weight excluding hydrogens is 281 g/mol. The average Bonchev–Trinajstić information content (AvgIpc) is 2.44. The molecule has 2 aromatic rings. The lowest BCUT2D eigenvalue weighted by Gasteiger charge is -2.05. The molecule has 7 heteroatoms. The van der Waals surface area contributed by atoms with Crippen LogP contribution in [0, 0.1) is 5.82 Å². The number of halogens is 1. The first-order valence-electron chi connectivity index (χ1n) is 5.83. The first-order valence-corrected chi connectivity index (χ1v) is 6.82. The van der Waals surface area contributed by atoms with Gasteiger partial charge in [0.2, 0.25) is 5.91 Å². The largest absolute Gasteiger partial charge is 0.351 e. The molecule has 0 saturated heterocycles. The lowest BCUT2D eigenvalue weighted by atomic mass is 10.2. The molecule has 0 unspecified atom stereocenters. The Bertz CT molecular complexity index is 660. The zero-order chi connectivity index (χ0) is 14.4. The molecule has 104 valence electrons. The standard InChI is InChI=1S/C13H12FN3O2S/c14-10-4-2-1-3-9(10)7-16-12(19)8-20-13-15-6-5-11(18)17-13/h1-6H,7-8H2,(H,16,19)(H,15,17,18). The highest BCUT2D eigenvalue weighted by molar-refractivity contribution is 7.99. The fourth-order valence-corrected chi connectivity index (χ4v) is 2.12. The summed E-state index contributed by atoms with van der Waals surface area (Å²) in [5, 5.41) is 2.98. The second kappa shape index (κ2) is 6.85. The first-order chi connectivity index (χ1) is 9.65. The molecule has 0 atom stereocenters. The van der Waals surface area contributed by atoms with Crippen LogP contribution in [0.1, 0.15) is 5.56 Å². The second-order valence-corrected chi connectivity index (χ2v) is 4.86. The van der Waals surface area contributed by atoms with Gasteiger partial charge in [0.25, 0.3) is 5.56 Å². The van der Waals surface area contributed by atoms with Gasteiger partial charge in [-0.3, -0.25) is 9.59 Å². The van der Waals surface area contributed by atoms with E-state index in [0.29, 0.717) is 10.7 Å². The molecule has 20 heavy (non-hydrogen) atoms. The van der Waals surface area contributed by atoms with Gasteiger partial charge in [-0.25, -0.2) is 9.37 Å². The van der Waals surface area contributed by atoms with Gasteiger partial charge in [0.05, 0.1) is 5.75 Å². The SMILES string of the molecule is O=C(CSc1nccc(=O)[nH]1)NCc1ccccc1F. The summed E-state index contributed by atoms with van der Waals surface area (Å²) < 4.78 is 13.3. The van der Waals surface area contributed by atoms with Crippen molar-refractivity contribution in [2.75, 3.05) is 5.75 Å². The molecule has 1 aromatic carbocycles. The number of aromatic nitrogens is 2. The minimum atomic E-state index is -0.352. The topological polar surface area (TPSA) is 74.8 Å².